The van der Waals surface area contributed by atoms with Crippen LogP contribution in [-0.2, 0) is 13.1 Å². The van der Waals surface area contributed by atoms with Crippen molar-refractivity contribution in [3.8, 4) is 11.1 Å². The van der Waals surface area contributed by atoms with Gasteiger partial charge in [-0.15, -0.1) is 0 Å². The minimum Gasteiger partial charge on any atom is -0.349 e. The maximum Gasteiger partial charge on any atom is 0.251 e. The highest BCUT2D eigenvalue weighted by molar-refractivity contribution is 5.97. The minimum atomic E-state index is -0.0908. The van der Waals surface area contributed by atoms with Crippen molar-refractivity contribution in [1.29, 1.82) is 0 Å². The average molecular weight is 468 g/mol. The van der Waals surface area contributed by atoms with Gasteiger partial charge in [0.15, 0.2) is 0 Å². The van der Waals surface area contributed by atoms with Crippen LogP contribution in [0.15, 0.2) is 66.7 Å². The van der Waals surface area contributed by atoms with Crippen LogP contribution in [0, 0.1) is 6.92 Å². The number of hydrogen-bond donors (Lipinski definition) is 2. The van der Waals surface area contributed by atoms with Crippen LogP contribution in [0.2, 0.25) is 0 Å². The van der Waals surface area contributed by atoms with Crippen molar-refractivity contribution in [3.63, 3.8) is 0 Å². The first-order valence-electron chi connectivity index (χ1n) is 12.7. The quantitative estimate of drug-likeness (QED) is 0.486. The zero-order chi connectivity index (χ0) is 24.2. The van der Waals surface area contributed by atoms with E-state index in [0.717, 1.165) is 41.6 Å². The van der Waals surface area contributed by atoms with Crippen LogP contribution in [-0.4, -0.2) is 35.8 Å². The largest absolute Gasteiger partial charge is 0.349 e. The molecule has 180 valence electrons. The molecule has 1 saturated heterocycles. The van der Waals surface area contributed by atoms with Crippen LogP contribution in [0.3, 0.4) is 0 Å². The fourth-order valence-electron chi connectivity index (χ4n) is 4.62. The van der Waals surface area contributed by atoms with Gasteiger partial charge in [-0.05, 0) is 97.8 Å². The average Bonchev–Trinajstić information content (AvgIpc) is 3.55. The third-order valence-corrected chi connectivity index (χ3v) is 6.95. The van der Waals surface area contributed by atoms with Crippen molar-refractivity contribution < 1.29 is 9.59 Å². The lowest BCUT2D eigenvalue weighted by Gasteiger charge is -2.14. The summed E-state index contributed by atoms with van der Waals surface area (Å²) in [7, 11) is 0. The van der Waals surface area contributed by atoms with Gasteiger partial charge in [0.1, 0.15) is 0 Å². The Kier molecular flexibility index (Phi) is 6.96. The van der Waals surface area contributed by atoms with Crippen molar-refractivity contribution in [2.24, 2.45) is 0 Å². The van der Waals surface area contributed by atoms with Gasteiger partial charge in [0.05, 0.1) is 0 Å². The summed E-state index contributed by atoms with van der Waals surface area (Å²) in [5.74, 6) is -0.110. The Balaban J connectivity index is 1.18. The Hall–Kier alpha value is -3.44. The van der Waals surface area contributed by atoms with E-state index in [-0.39, 0.29) is 11.8 Å². The summed E-state index contributed by atoms with van der Waals surface area (Å²) in [6, 6.07) is 22.2. The van der Waals surface area contributed by atoms with Gasteiger partial charge in [0, 0.05) is 30.3 Å². The maximum absolute atomic E-state index is 12.7. The molecule has 1 aliphatic carbocycles. The highest BCUT2D eigenvalue weighted by atomic mass is 16.2. The predicted molar refractivity (Wildman–Crippen MR) is 139 cm³/mol. The number of rotatable bonds is 8. The highest BCUT2D eigenvalue weighted by Gasteiger charge is 2.24. The molecule has 2 fully saturated rings. The lowest BCUT2D eigenvalue weighted by Crippen LogP contribution is -2.25. The van der Waals surface area contributed by atoms with E-state index in [1.54, 1.807) is 0 Å². The summed E-state index contributed by atoms with van der Waals surface area (Å²) >= 11 is 0. The molecule has 1 heterocycles. The third-order valence-electron chi connectivity index (χ3n) is 6.95. The van der Waals surface area contributed by atoms with E-state index in [1.165, 1.54) is 31.5 Å². The Morgan fingerprint density at radius 3 is 2.17 bits per heavy atom. The first-order valence-corrected chi connectivity index (χ1v) is 12.7. The van der Waals surface area contributed by atoms with Crippen molar-refractivity contribution in [2.45, 2.75) is 51.7 Å². The number of likely N-dealkylation sites (tertiary alicyclic amines) is 1. The molecule has 2 amide bonds. The second-order valence-electron chi connectivity index (χ2n) is 9.84. The Bertz CT molecular complexity index is 1190. The van der Waals surface area contributed by atoms with Crippen LogP contribution in [0.1, 0.15) is 63.1 Å². The topological polar surface area (TPSA) is 61.4 Å². The number of benzene rings is 3. The first kappa shape index (κ1) is 23.3. The first-order chi connectivity index (χ1) is 17.0. The lowest BCUT2D eigenvalue weighted by molar-refractivity contribution is 0.0943. The highest BCUT2D eigenvalue weighted by Crippen LogP contribution is 2.26. The summed E-state index contributed by atoms with van der Waals surface area (Å²) in [6.45, 7) is 5.93. The molecule has 5 rings (SSSR count). The van der Waals surface area contributed by atoms with Gasteiger partial charge in [0.25, 0.3) is 11.8 Å². The van der Waals surface area contributed by atoms with E-state index >= 15 is 0 Å². The summed E-state index contributed by atoms with van der Waals surface area (Å²) in [5.41, 5.74) is 6.81. The van der Waals surface area contributed by atoms with Crippen LogP contribution in [0.25, 0.3) is 11.1 Å². The van der Waals surface area contributed by atoms with E-state index in [1.807, 2.05) is 49.4 Å². The monoisotopic (exact) mass is 467 g/mol. The SMILES string of the molecule is Cc1ccc(C(=O)NC2CC2)cc1-c1ccc(C(=O)NCc2ccc(CN3CCCC3)cc2)cc1. The normalized spacial score (nSPS) is 15.7. The Morgan fingerprint density at radius 2 is 1.49 bits per heavy atom. The molecule has 0 spiro atoms. The molecular formula is C30H33N3O2. The summed E-state index contributed by atoms with van der Waals surface area (Å²) in [5, 5.41) is 6.07. The van der Waals surface area contributed by atoms with Gasteiger partial charge in [-0.2, -0.15) is 0 Å². The predicted octanol–water partition coefficient (Wildman–Crippen LogP) is 5.08. The van der Waals surface area contributed by atoms with Crippen LogP contribution < -0.4 is 10.6 Å². The molecule has 35 heavy (non-hydrogen) atoms. The molecule has 3 aromatic carbocycles. The number of amides is 2. The van der Waals surface area contributed by atoms with Gasteiger partial charge >= 0.3 is 0 Å². The van der Waals surface area contributed by atoms with E-state index in [4.69, 9.17) is 0 Å². The van der Waals surface area contributed by atoms with Gasteiger partial charge in [-0.1, -0.05) is 42.5 Å². The molecular weight excluding hydrogens is 434 g/mol. The molecule has 0 bridgehead atoms. The standard InChI is InChI=1S/C30H33N3O2/c1-21-4-9-26(30(35)32-27-14-15-27)18-28(21)24-10-12-25(13-11-24)29(34)31-19-22-5-7-23(8-6-22)20-33-16-2-3-17-33/h4-13,18,27H,2-3,14-17,19-20H2,1H3,(H,31,34)(H,32,35). The van der Waals surface area contributed by atoms with E-state index in [9.17, 15) is 9.59 Å². The molecule has 0 radical (unpaired) electrons. The number of carbonyl (C=O) groups is 2. The van der Waals surface area contributed by atoms with Crippen LogP contribution >= 0.6 is 0 Å². The Labute approximate surface area is 207 Å². The summed E-state index contributed by atoms with van der Waals surface area (Å²) in [6.07, 6.45) is 4.74. The van der Waals surface area contributed by atoms with E-state index in [0.29, 0.717) is 23.7 Å². The van der Waals surface area contributed by atoms with Gasteiger partial charge in [-0.25, -0.2) is 0 Å². The molecule has 2 aliphatic rings. The molecule has 1 saturated carbocycles. The smallest absolute Gasteiger partial charge is 0.251 e. The number of aryl methyl sites for hydroxylation is 1. The van der Waals surface area contributed by atoms with Crippen LogP contribution in [0.4, 0.5) is 0 Å². The minimum absolute atomic E-state index is 0.0196. The second-order valence-corrected chi connectivity index (χ2v) is 9.84. The van der Waals surface area contributed by atoms with Crippen molar-refractivity contribution in [2.75, 3.05) is 13.1 Å². The molecule has 0 unspecified atom stereocenters. The number of hydrogen-bond acceptors (Lipinski definition) is 3. The van der Waals surface area contributed by atoms with Crippen molar-refractivity contribution in [1.82, 2.24) is 15.5 Å². The molecule has 0 atom stereocenters. The maximum atomic E-state index is 12.7. The van der Waals surface area contributed by atoms with Gasteiger partial charge in [-0.3, -0.25) is 14.5 Å². The van der Waals surface area contributed by atoms with E-state index < -0.39 is 0 Å². The summed E-state index contributed by atoms with van der Waals surface area (Å²) < 4.78 is 0. The lowest BCUT2D eigenvalue weighted by atomic mass is 9.97. The van der Waals surface area contributed by atoms with Crippen molar-refractivity contribution in [3.05, 3.63) is 94.5 Å². The fraction of sp³-hybridized carbons (Fsp3) is 0.333. The van der Waals surface area contributed by atoms with E-state index in [2.05, 4.69) is 39.8 Å². The second kappa shape index (κ2) is 10.4. The number of carbonyl (C=O) groups excluding carboxylic acids is 2. The van der Waals surface area contributed by atoms with Gasteiger partial charge in [0.2, 0.25) is 0 Å². The van der Waals surface area contributed by atoms with Crippen molar-refractivity contribution >= 4 is 11.8 Å². The molecule has 2 N–H and O–H groups in total. The number of nitrogens with one attached hydrogen (secondary N) is 2. The molecule has 0 aromatic heterocycles. The zero-order valence-electron chi connectivity index (χ0n) is 20.3. The zero-order valence-corrected chi connectivity index (χ0v) is 20.3. The van der Waals surface area contributed by atoms with Gasteiger partial charge < -0.3 is 10.6 Å². The molecule has 1 aliphatic heterocycles. The number of nitrogens with zero attached hydrogens (tertiary/aromatic N) is 1. The summed E-state index contributed by atoms with van der Waals surface area (Å²) in [4.78, 5) is 27.7. The molecule has 5 nitrogen and oxygen atoms in total. The van der Waals surface area contributed by atoms with Crippen LogP contribution in [0.5, 0.6) is 0 Å². The fourth-order valence-corrected chi connectivity index (χ4v) is 4.62. The Morgan fingerprint density at radius 1 is 0.829 bits per heavy atom. The molecule has 5 heteroatoms. The third kappa shape index (κ3) is 5.98. The molecule has 3 aromatic rings.